The SMILES string of the molecule is CCOC(=O)c1ccc2c(N=C(N)N=C(N)N)cccc2n1. The summed E-state index contributed by atoms with van der Waals surface area (Å²) in [7, 11) is 0. The highest BCUT2D eigenvalue weighted by Crippen LogP contribution is 2.25. The highest BCUT2D eigenvalue weighted by molar-refractivity contribution is 5.98. The van der Waals surface area contributed by atoms with E-state index in [4.69, 9.17) is 21.9 Å². The Bertz CT molecular complexity index is 765. The molecule has 0 aliphatic carbocycles. The molecule has 0 atom stereocenters. The van der Waals surface area contributed by atoms with Crippen LogP contribution >= 0.6 is 0 Å². The summed E-state index contributed by atoms with van der Waals surface area (Å²) in [6, 6.07) is 8.52. The quantitative estimate of drug-likeness (QED) is 0.431. The molecule has 6 N–H and O–H groups in total. The molecular formula is C14H16N6O2. The highest BCUT2D eigenvalue weighted by Gasteiger charge is 2.10. The average Bonchev–Trinajstić information content (AvgIpc) is 2.46. The van der Waals surface area contributed by atoms with Gasteiger partial charge in [0.15, 0.2) is 5.96 Å². The monoisotopic (exact) mass is 300 g/mol. The summed E-state index contributed by atoms with van der Waals surface area (Å²) in [6.07, 6.45) is 0. The van der Waals surface area contributed by atoms with E-state index in [1.54, 1.807) is 37.3 Å². The standard InChI is InChI=1S/C14H16N6O2/c1-2-22-12(21)11-7-6-8-9(18-11)4-3-5-10(8)19-14(17)20-13(15)16/h3-7H,2H2,1H3,(H6,15,16,17,19,20). The van der Waals surface area contributed by atoms with E-state index >= 15 is 0 Å². The number of hydrogen-bond donors (Lipinski definition) is 3. The van der Waals surface area contributed by atoms with E-state index in [1.807, 2.05) is 0 Å². The lowest BCUT2D eigenvalue weighted by atomic mass is 10.1. The van der Waals surface area contributed by atoms with E-state index in [1.165, 1.54) is 0 Å². The van der Waals surface area contributed by atoms with Crippen molar-refractivity contribution in [2.75, 3.05) is 6.61 Å². The molecule has 8 nitrogen and oxygen atoms in total. The van der Waals surface area contributed by atoms with Gasteiger partial charge in [-0.3, -0.25) is 0 Å². The number of carbonyl (C=O) groups is 1. The summed E-state index contributed by atoms with van der Waals surface area (Å²) in [6.45, 7) is 2.02. The molecule has 0 amide bonds. The fourth-order valence-electron chi connectivity index (χ4n) is 1.84. The number of aliphatic imine (C=N–C) groups is 2. The number of nitrogens with zero attached hydrogens (tertiary/aromatic N) is 3. The van der Waals surface area contributed by atoms with Crippen molar-refractivity contribution < 1.29 is 9.53 Å². The van der Waals surface area contributed by atoms with Gasteiger partial charge >= 0.3 is 5.97 Å². The third-order valence-electron chi connectivity index (χ3n) is 2.67. The topological polar surface area (TPSA) is 142 Å². The van der Waals surface area contributed by atoms with Crippen LogP contribution < -0.4 is 17.2 Å². The van der Waals surface area contributed by atoms with Crippen LogP contribution in [0.5, 0.6) is 0 Å². The molecule has 0 spiro atoms. The van der Waals surface area contributed by atoms with Crippen molar-refractivity contribution in [3.05, 3.63) is 36.0 Å². The van der Waals surface area contributed by atoms with E-state index < -0.39 is 5.97 Å². The Kier molecular flexibility index (Phi) is 4.52. The molecule has 0 radical (unpaired) electrons. The summed E-state index contributed by atoms with van der Waals surface area (Å²) in [5.41, 5.74) is 17.5. The number of aromatic nitrogens is 1. The number of rotatable bonds is 3. The summed E-state index contributed by atoms with van der Waals surface area (Å²) in [5.74, 6) is -0.718. The second-order valence-electron chi connectivity index (χ2n) is 4.27. The van der Waals surface area contributed by atoms with Gasteiger partial charge in [-0.2, -0.15) is 4.99 Å². The third kappa shape index (κ3) is 3.48. The van der Waals surface area contributed by atoms with Crippen LogP contribution in [0.1, 0.15) is 17.4 Å². The molecule has 114 valence electrons. The second-order valence-corrected chi connectivity index (χ2v) is 4.27. The van der Waals surface area contributed by atoms with Crippen LogP contribution in [0.15, 0.2) is 40.3 Å². The highest BCUT2D eigenvalue weighted by atomic mass is 16.5. The molecule has 1 heterocycles. The van der Waals surface area contributed by atoms with Gasteiger partial charge in [0, 0.05) is 5.39 Å². The van der Waals surface area contributed by atoms with Crippen molar-refractivity contribution in [2.45, 2.75) is 6.92 Å². The van der Waals surface area contributed by atoms with E-state index in [-0.39, 0.29) is 24.2 Å². The summed E-state index contributed by atoms with van der Waals surface area (Å²) in [4.78, 5) is 23.7. The predicted octanol–water partition coefficient (Wildman–Crippen LogP) is 0.631. The van der Waals surface area contributed by atoms with Crippen LogP contribution in [0.2, 0.25) is 0 Å². The van der Waals surface area contributed by atoms with Gasteiger partial charge in [-0.1, -0.05) is 6.07 Å². The molecule has 22 heavy (non-hydrogen) atoms. The number of pyridine rings is 1. The maximum Gasteiger partial charge on any atom is 0.356 e. The minimum atomic E-state index is -0.474. The first-order valence-electron chi connectivity index (χ1n) is 6.52. The zero-order valence-electron chi connectivity index (χ0n) is 12.0. The van der Waals surface area contributed by atoms with E-state index in [0.717, 1.165) is 0 Å². The molecule has 0 fully saturated rings. The van der Waals surface area contributed by atoms with E-state index in [2.05, 4.69) is 15.0 Å². The van der Waals surface area contributed by atoms with Crippen molar-refractivity contribution in [2.24, 2.45) is 27.2 Å². The predicted molar refractivity (Wildman–Crippen MR) is 84.8 cm³/mol. The van der Waals surface area contributed by atoms with Crippen molar-refractivity contribution in [3.63, 3.8) is 0 Å². The number of fused-ring (bicyclic) bond motifs is 1. The van der Waals surface area contributed by atoms with Crippen LogP contribution in [0, 0.1) is 0 Å². The first-order valence-corrected chi connectivity index (χ1v) is 6.52. The minimum absolute atomic E-state index is 0.0676. The number of ether oxygens (including phenoxy) is 1. The molecule has 0 aliphatic heterocycles. The Labute approximate surface area is 126 Å². The average molecular weight is 300 g/mol. The zero-order valence-corrected chi connectivity index (χ0v) is 12.0. The number of carbonyl (C=O) groups excluding carboxylic acids is 1. The largest absolute Gasteiger partial charge is 0.461 e. The van der Waals surface area contributed by atoms with Crippen LogP contribution in [0.25, 0.3) is 10.9 Å². The van der Waals surface area contributed by atoms with Gasteiger partial charge < -0.3 is 21.9 Å². The van der Waals surface area contributed by atoms with Crippen molar-refractivity contribution in [3.8, 4) is 0 Å². The van der Waals surface area contributed by atoms with Crippen molar-refractivity contribution in [1.82, 2.24) is 4.98 Å². The molecule has 2 rings (SSSR count). The Morgan fingerprint density at radius 2 is 2.00 bits per heavy atom. The molecular weight excluding hydrogens is 284 g/mol. The second kappa shape index (κ2) is 6.53. The summed E-state index contributed by atoms with van der Waals surface area (Å²) >= 11 is 0. The molecule has 2 aromatic rings. The van der Waals surface area contributed by atoms with Crippen LogP contribution in [0.4, 0.5) is 5.69 Å². The Morgan fingerprint density at radius 1 is 1.23 bits per heavy atom. The van der Waals surface area contributed by atoms with Gasteiger partial charge in [0.05, 0.1) is 17.8 Å². The van der Waals surface area contributed by atoms with Gasteiger partial charge in [-0.15, -0.1) is 0 Å². The Morgan fingerprint density at radius 3 is 2.68 bits per heavy atom. The molecule has 1 aromatic heterocycles. The number of nitrogens with two attached hydrogens (primary N) is 3. The van der Waals surface area contributed by atoms with Gasteiger partial charge in [-0.25, -0.2) is 14.8 Å². The Hall–Kier alpha value is -3.16. The fourth-order valence-corrected chi connectivity index (χ4v) is 1.84. The lowest BCUT2D eigenvalue weighted by molar-refractivity contribution is 0.0520. The van der Waals surface area contributed by atoms with E-state index in [0.29, 0.717) is 16.6 Å². The zero-order chi connectivity index (χ0) is 16.1. The molecule has 0 unspecified atom stereocenters. The van der Waals surface area contributed by atoms with Crippen molar-refractivity contribution >= 4 is 34.5 Å². The number of benzene rings is 1. The van der Waals surface area contributed by atoms with Crippen LogP contribution in [-0.4, -0.2) is 29.5 Å². The molecule has 0 bridgehead atoms. The lowest BCUT2D eigenvalue weighted by Gasteiger charge is -2.05. The fraction of sp³-hybridized carbons (Fsp3) is 0.143. The molecule has 1 aromatic carbocycles. The molecule has 0 saturated carbocycles. The number of esters is 1. The number of guanidine groups is 2. The molecule has 8 heteroatoms. The first-order chi connectivity index (χ1) is 10.5. The first kappa shape index (κ1) is 15.2. The normalized spacial score (nSPS) is 11.2. The molecule has 0 saturated heterocycles. The maximum absolute atomic E-state index is 11.7. The summed E-state index contributed by atoms with van der Waals surface area (Å²) in [5, 5.41) is 0.712. The smallest absolute Gasteiger partial charge is 0.356 e. The van der Waals surface area contributed by atoms with Gasteiger partial charge in [0.25, 0.3) is 0 Å². The summed E-state index contributed by atoms with van der Waals surface area (Å²) < 4.78 is 4.92. The van der Waals surface area contributed by atoms with Gasteiger partial charge in [0.1, 0.15) is 5.69 Å². The van der Waals surface area contributed by atoms with Gasteiger partial charge in [0.2, 0.25) is 5.96 Å². The van der Waals surface area contributed by atoms with Crippen LogP contribution in [-0.2, 0) is 4.74 Å². The number of hydrogen-bond acceptors (Lipinski definition) is 4. The molecule has 0 aliphatic rings. The van der Waals surface area contributed by atoms with E-state index in [9.17, 15) is 4.79 Å². The van der Waals surface area contributed by atoms with Gasteiger partial charge in [-0.05, 0) is 31.2 Å². The maximum atomic E-state index is 11.7. The van der Waals surface area contributed by atoms with Crippen LogP contribution in [0.3, 0.4) is 0 Å². The third-order valence-corrected chi connectivity index (χ3v) is 2.67. The minimum Gasteiger partial charge on any atom is -0.461 e. The Balaban J connectivity index is 2.47. The van der Waals surface area contributed by atoms with Crippen molar-refractivity contribution in [1.29, 1.82) is 0 Å². The lowest BCUT2D eigenvalue weighted by Crippen LogP contribution is -2.26.